The van der Waals surface area contributed by atoms with Gasteiger partial charge in [0.1, 0.15) is 0 Å². The van der Waals surface area contributed by atoms with Crippen molar-refractivity contribution in [1.82, 2.24) is 9.97 Å². The van der Waals surface area contributed by atoms with Crippen LogP contribution in [-0.4, -0.2) is 17.1 Å². The van der Waals surface area contributed by atoms with Crippen LogP contribution in [0.4, 0.5) is 0 Å². The zero-order valence-corrected chi connectivity index (χ0v) is 8.77. The molecule has 0 aliphatic rings. The lowest BCUT2D eigenvalue weighted by atomic mass is 10.1. The van der Waals surface area contributed by atoms with E-state index in [-0.39, 0.29) is 0 Å². The summed E-state index contributed by atoms with van der Waals surface area (Å²) in [5.41, 5.74) is 3.20. The predicted molar refractivity (Wildman–Crippen MR) is 58.8 cm³/mol. The van der Waals surface area contributed by atoms with Gasteiger partial charge in [0, 0.05) is 29.7 Å². The summed E-state index contributed by atoms with van der Waals surface area (Å²) >= 11 is 0. The number of ether oxygens (including phenoxy) is 1. The van der Waals surface area contributed by atoms with Gasteiger partial charge in [-0.25, -0.2) is 4.98 Å². The number of aromatic nitrogens is 2. The first-order valence-electron chi connectivity index (χ1n) is 4.72. The van der Waals surface area contributed by atoms with Gasteiger partial charge in [-0.3, -0.25) is 4.98 Å². The lowest BCUT2D eigenvalue weighted by Crippen LogP contribution is -1.88. The van der Waals surface area contributed by atoms with E-state index in [2.05, 4.69) is 9.97 Å². The number of hydrogen-bond acceptors (Lipinski definition) is 3. The van der Waals surface area contributed by atoms with E-state index in [1.807, 2.05) is 31.2 Å². The quantitative estimate of drug-likeness (QED) is 0.747. The van der Waals surface area contributed by atoms with Crippen molar-refractivity contribution in [2.75, 3.05) is 7.11 Å². The Kier molecular flexibility index (Phi) is 2.63. The van der Waals surface area contributed by atoms with E-state index < -0.39 is 0 Å². The Balaban J connectivity index is 2.37. The van der Waals surface area contributed by atoms with Crippen molar-refractivity contribution in [1.29, 1.82) is 0 Å². The largest absolute Gasteiger partial charge is 0.481 e. The molecule has 0 aliphatic heterocycles. The molecular weight excluding hydrogens is 188 g/mol. The van der Waals surface area contributed by atoms with Crippen LogP contribution in [0.15, 0.2) is 36.7 Å². The fourth-order valence-corrected chi connectivity index (χ4v) is 1.40. The Morgan fingerprint density at radius 1 is 1.07 bits per heavy atom. The fraction of sp³-hybridized carbons (Fsp3) is 0.167. The van der Waals surface area contributed by atoms with Gasteiger partial charge >= 0.3 is 0 Å². The molecular formula is C12H12N2O. The third kappa shape index (κ3) is 2.13. The van der Waals surface area contributed by atoms with Crippen LogP contribution in [-0.2, 0) is 0 Å². The lowest BCUT2D eigenvalue weighted by Gasteiger charge is -2.03. The summed E-state index contributed by atoms with van der Waals surface area (Å²) in [6, 6.07) is 7.84. The third-order valence-corrected chi connectivity index (χ3v) is 2.18. The molecule has 2 aromatic heterocycles. The number of aryl methyl sites for hydroxylation is 1. The Morgan fingerprint density at radius 3 is 2.53 bits per heavy atom. The van der Waals surface area contributed by atoms with Gasteiger partial charge in [-0.15, -0.1) is 0 Å². The maximum atomic E-state index is 5.01. The first-order chi connectivity index (χ1) is 7.29. The standard InChI is InChI=1S/C12H12N2O/c1-9-7-10(5-6-13-9)11-3-4-12(15-2)14-8-11/h3-8H,1-2H3. The molecule has 0 unspecified atom stereocenters. The van der Waals surface area contributed by atoms with Crippen LogP contribution in [0, 0.1) is 6.92 Å². The van der Waals surface area contributed by atoms with Crippen molar-refractivity contribution < 1.29 is 4.74 Å². The molecule has 15 heavy (non-hydrogen) atoms. The molecule has 2 heterocycles. The molecule has 2 rings (SSSR count). The maximum Gasteiger partial charge on any atom is 0.212 e. The molecule has 76 valence electrons. The summed E-state index contributed by atoms with van der Waals surface area (Å²) < 4.78 is 5.01. The highest BCUT2D eigenvalue weighted by atomic mass is 16.5. The van der Waals surface area contributed by atoms with Crippen LogP contribution in [0.5, 0.6) is 5.88 Å². The second kappa shape index (κ2) is 4.09. The Hall–Kier alpha value is -1.90. The molecule has 0 aliphatic carbocycles. The minimum Gasteiger partial charge on any atom is -0.481 e. The van der Waals surface area contributed by atoms with E-state index >= 15 is 0 Å². The van der Waals surface area contributed by atoms with Gasteiger partial charge in [0.25, 0.3) is 0 Å². The second-order valence-electron chi connectivity index (χ2n) is 3.28. The van der Waals surface area contributed by atoms with Crippen LogP contribution < -0.4 is 4.74 Å². The van der Waals surface area contributed by atoms with E-state index in [0.29, 0.717) is 5.88 Å². The first kappa shape index (κ1) is 9.65. The summed E-state index contributed by atoms with van der Waals surface area (Å²) in [5, 5.41) is 0. The van der Waals surface area contributed by atoms with E-state index in [0.717, 1.165) is 16.8 Å². The van der Waals surface area contributed by atoms with Crippen molar-refractivity contribution in [3.05, 3.63) is 42.4 Å². The number of methoxy groups -OCH3 is 1. The smallest absolute Gasteiger partial charge is 0.212 e. The van der Waals surface area contributed by atoms with Gasteiger partial charge in [0.2, 0.25) is 5.88 Å². The molecule has 0 spiro atoms. The summed E-state index contributed by atoms with van der Waals surface area (Å²) in [4.78, 5) is 8.31. The van der Waals surface area contributed by atoms with Crippen molar-refractivity contribution >= 4 is 0 Å². The summed E-state index contributed by atoms with van der Waals surface area (Å²) in [6.07, 6.45) is 3.60. The highest BCUT2D eigenvalue weighted by Gasteiger charge is 1.99. The molecule has 0 bridgehead atoms. The van der Waals surface area contributed by atoms with E-state index in [4.69, 9.17) is 4.74 Å². The lowest BCUT2D eigenvalue weighted by molar-refractivity contribution is 0.398. The highest BCUT2D eigenvalue weighted by molar-refractivity contribution is 5.62. The van der Waals surface area contributed by atoms with E-state index in [1.54, 1.807) is 19.5 Å². The normalized spacial score (nSPS) is 10.0. The molecule has 0 fully saturated rings. The van der Waals surface area contributed by atoms with Crippen LogP contribution in [0.1, 0.15) is 5.69 Å². The zero-order valence-electron chi connectivity index (χ0n) is 8.77. The van der Waals surface area contributed by atoms with E-state index in [1.165, 1.54) is 0 Å². The van der Waals surface area contributed by atoms with Gasteiger partial charge in [-0.05, 0) is 30.7 Å². The van der Waals surface area contributed by atoms with Crippen molar-refractivity contribution in [3.8, 4) is 17.0 Å². The highest BCUT2D eigenvalue weighted by Crippen LogP contribution is 2.19. The topological polar surface area (TPSA) is 35.0 Å². The number of hydrogen-bond donors (Lipinski definition) is 0. The molecule has 3 heteroatoms. The molecule has 0 atom stereocenters. The first-order valence-corrected chi connectivity index (χ1v) is 4.72. The molecule has 0 radical (unpaired) electrons. The van der Waals surface area contributed by atoms with Crippen LogP contribution >= 0.6 is 0 Å². The molecule has 0 saturated heterocycles. The Labute approximate surface area is 88.8 Å². The Morgan fingerprint density at radius 2 is 1.93 bits per heavy atom. The summed E-state index contributed by atoms with van der Waals surface area (Å²) in [5.74, 6) is 0.629. The van der Waals surface area contributed by atoms with Gasteiger partial charge < -0.3 is 4.74 Å². The Bertz CT molecular complexity index is 451. The monoisotopic (exact) mass is 200 g/mol. The summed E-state index contributed by atoms with van der Waals surface area (Å²) in [6.45, 7) is 1.97. The fourth-order valence-electron chi connectivity index (χ4n) is 1.40. The van der Waals surface area contributed by atoms with Gasteiger partial charge in [0.05, 0.1) is 7.11 Å². The number of nitrogens with zero attached hydrogens (tertiary/aromatic N) is 2. The van der Waals surface area contributed by atoms with Gasteiger partial charge in [0.15, 0.2) is 0 Å². The van der Waals surface area contributed by atoms with Crippen molar-refractivity contribution in [3.63, 3.8) is 0 Å². The SMILES string of the molecule is COc1ccc(-c2ccnc(C)c2)cn1. The van der Waals surface area contributed by atoms with Gasteiger partial charge in [-0.2, -0.15) is 0 Å². The van der Waals surface area contributed by atoms with Crippen molar-refractivity contribution in [2.45, 2.75) is 6.92 Å². The van der Waals surface area contributed by atoms with Crippen LogP contribution in [0.25, 0.3) is 11.1 Å². The molecule has 0 N–H and O–H groups in total. The van der Waals surface area contributed by atoms with Crippen LogP contribution in [0.2, 0.25) is 0 Å². The number of pyridine rings is 2. The predicted octanol–water partition coefficient (Wildman–Crippen LogP) is 2.46. The molecule has 2 aromatic rings. The minimum atomic E-state index is 0.629. The molecule has 0 aromatic carbocycles. The van der Waals surface area contributed by atoms with Crippen LogP contribution in [0.3, 0.4) is 0 Å². The second-order valence-corrected chi connectivity index (χ2v) is 3.28. The average molecular weight is 200 g/mol. The molecule has 0 amide bonds. The van der Waals surface area contributed by atoms with Crippen molar-refractivity contribution in [2.24, 2.45) is 0 Å². The number of rotatable bonds is 2. The van der Waals surface area contributed by atoms with E-state index in [9.17, 15) is 0 Å². The summed E-state index contributed by atoms with van der Waals surface area (Å²) in [7, 11) is 1.61. The van der Waals surface area contributed by atoms with Gasteiger partial charge in [-0.1, -0.05) is 0 Å². The zero-order chi connectivity index (χ0) is 10.7. The molecule has 3 nitrogen and oxygen atoms in total. The third-order valence-electron chi connectivity index (χ3n) is 2.18. The minimum absolute atomic E-state index is 0.629. The molecule has 0 saturated carbocycles. The average Bonchev–Trinajstić information content (AvgIpc) is 2.29. The maximum absolute atomic E-state index is 5.01.